The second kappa shape index (κ2) is 6.05. The summed E-state index contributed by atoms with van der Waals surface area (Å²) in [5.41, 5.74) is 2.31. The number of rotatable bonds is 5. The van der Waals surface area contributed by atoms with Crippen molar-refractivity contribution in [3.05, 3.63) is 58.5 Å². The van der Waals surface area contributed by atoms with Gasteiger partial charge in [-0.3, -0.25) is 0 Å². The van der Waals surface area contributed by atoms with Crippen molar-refractivity contribution in [2.24, 2.45) is 0 Å². The van der Waals surface area contributed by atoms with Gasteiger partial charge in [0.1, 0.15) is 11.9 Å². The Morgan fingerprint density at radius 2 is 2.22 bits per heavy atom. The third kappa shape index (κ3) is 3.35. The van der Waals surface area contributed by atoms with Gasteiger partial charge in [-0.1, -0.05) is 17.7 Å². The summed E-state index contributed by atoms with van der Waals surface area (Å²) in [5, 5.41) is 13.8. The maximum absolute atomic E-state index is 9.82. The first-order chi connectivity index (χ1) is 8.66. The van der Waals surface area contributed by atoms with Gasteiger partial charge in [-0.15, -0.1) is 0 Å². The van der Waals surface area contributed by atoms with E-state index in [0.29, 0.717) is 18.8 Å². The first kappa shape index (κ1) is 13.1. The number of benzene rings is 1. The van der Waals surface area contributed by atoms with Gasteiger partial charge in [0.05, 0.1) is 6.26 Å². The van der Waals surface area contributed by atoms with Gasteiger partial charge in [-0.2, -0.15) is 0 Å². The maximum atomic E-state index is 9.82. The van der Waals surface area contributed by atoms with Crippen LogP contribution in [-0.4, -0.2) is 11.7 Å². The number of halogens is 1. The molecule has 0 unspecified atom stereocenters. The Morgan fingerprint density at radius 1 is 1.39 bits per heavy atom. The molecule has 0 aliphatic rings. The fraction of sp³-hybridized carbons (Fsp3) is 0.286. The molecule has 2 rings (SSSR count). The van der Waals surface area contributed by atoms with Crippen LogP contribution < -0.4 is 5.32 Å². The first-order valence-corrected chi connectivity index (χ1v) is 6.22. The van der Waals surface area contributed by atoms with E-state index in [1.165, 1.54) is 5.56 Å². The Balaban J connectivity index is 1.85. The number of hydrogen-bond acceptors (Lipinski definition) is 3. The number of aliphatic hydroxyl groups is 1. The molecular weight excluding hydrogens is 250 g/mol. The highest BCUT2D eigenvalue weighted by Gasteiger charge is 2.09. The molecule has 1 heterocycles. The Bertz CT molecular complexity index is 497. The zero-order valence-electron chi connectivity index (χ0n) is 10.2. The number of furan rings is 1. The lowest BCUT2D eigenvalue weighted by Gasteiger charge is -2.11. The molecule has 1 atom stereocenters. The van der Waals surface area contributed by atoms with Crippen molar-refractivity contribution in [2.75, 3.05) is 6.54 Å². The lowest BCUT2D eigenvalue weighted by Crippen LogP contribution is -2.21. The fourth-order valence-electron chi connectivity index (χ4n) is 1.78. The highest BCUT2D eigenvalue weighted by molar-refractivity contribution is 6.30. The number of aliphatic hydroxyl groups excluding tert-OH is 1. The average Bonchev–Trinajstić information content (AvgIpc) is 2.85. The number of aryl methyl sites for hydroxylation is 1. The van der Waals surface area contributed by atoms with Crippen molar-refractivity contribution in [1.29, 1.82) is 0 Å². The Hall–Kier alpha value is -1.29. The van der Waals surface area contributed by atoms with Crippen molar-refractivity contribution in [1.82, 2.24) is 5.32 Å². The summed E-state index contributed by atoms with van der Waals surface area (Å²) in [7, 11) is 0. The number of nitrogens with one attached hydrogen (secondary N) is 1. The monoisotopic (exact) mass is 265 g/mol. The van der Waals surface area contributed by atoms with Crippen molar-refractivity contribution in [2.45, 2.75) is 19.6 Å². The van der Waals surface area contributed by atoms with Crippen molar-refractivity contribution >= 4 is 11.6 Å². The van der Waals surface area contributed by atoms with Crippen LogP contribution in [0.15, 0.2) is 41.0 Å². The normalized spacial score (nSPS) is 12.6. The molecule has 0 saturated heterocycles. The molecule has 96 valence electrons. The van der Waals surface area contributed by atoms with Crippen molar-refractivity contribution in [3.63, 3.8) is 0 Å². The summed E-state index contributed by atoms with van der Waals surface area (Å²) in [5.74, 6) is 0.579. The van der Waals surface area contributed by atoms with E-state index in [1.54, 1.807) is 18.4 Å². The Labute approximate surface area is 111 Å². The van der Waals surface area contributed by atoms with Crippen LogP contribution >= 0.6 is 11.6 Å². The molecule has 0 radical (unpaired) electrons. The molecule has 0 aliphatic carbocycles. The van der Waals surface area contributed by atoms with Crippen LogP contribution in [0.3, 0.4) is 0 Å². The SMILES string of the molecule is Cc1cc(Cl)ccc1CNC[C@H](O)c1ccco1. The van der Waals surface area contributed by atoms with Crippen LogP contribution in [0.1, 0.15) is 23.0 Å². The minimum absolute atomic E-state index is 0.454. The van der Waals surface area contributed by atoms with Crippen LogP contribution in [0.2, 0.25) is 5.02 Å². The van der Waals surface area contributed by atoms with E-state index in [9.17, 15) is 5.11 Å². The summed E-state index contributed by atoms with van der Waals surface area (Å²) in [6.45, 7) is 3.17. The zero-order valence-corrected chi connectivity index (χ0v) is 10.9. The summed E-state index contributed by atoms with van der Waals surface area (Å²) in [4.78, 5) is 0. The van der Waals surface area contributed by atoms with E-state index < -0.39 is 6.10 Å². The Kier molecular flexibility index (Phi) is 4.42. The van der Waals surface area contributed by atoms with Gasteiger partial charge in [0.15, 0.2) is 0 Å². The largest absolute Gasteiger partial charge is 0.467 e. The maximum Gasteiger partial charge on any atom is 0.133 e. The van der Waals surface area contributed by atoms with Gasteiger partial charge in [0.25, 0.3) is 0 Å². The molecule has 0 amide bonds. The van der Waals surface area contributed by atoms with Gasteiger partial charge in [0.2, 0.25) is 0 Å². The quantitative estimate of drug-likeness (QED) is 0.873. The molecular formula is C14H16ClNO2. The van der Waals surface area contributed by atoms with E-state index in [-0.39, 0.29) is 0 Å². The predicted molar refractivity (Wildman–Crippen MR) is 71.6 cm³/mol. The zero-order chi connectivity index (χ0) is 13.0. The molecule has 0 fully saturated rings. The highest BCUT2D eigenvalue weighted by Crippen LogP contribution is 2.16. The molecule has 18 heavy (non-hydrogen) atoms. The average molecular weight is 266 g/mol. The predicted octanol–water partition coefficient (Wildman–Crippen LogP) is 3.06. The van der Waals surface area contributed by atoms with Crippen molar-refractivity contribution < 1.29 is 9.52 Å². The van der Waals surface area contributed by atoms with E-state index in [1.807, 2.05) is 25.1 Å². The molecule has 1 aromatic heterocycles. The fourth-order valence-corrected chi connectivity index (χ4v) is 2.01. The molecule has 0 aliphatic heterocycles. The molecule has 0 spiro atoms. The third-order valence-corrected chi connectivity index (χ3v) is 3.06. The molecule has 2 N–H and O–H groups in total. The van der Waals surface area contributed by atoms with Gasteiger partial charge >= 0.3 is 0 Å². The lowest BCUT2D eigenvalue weighted by atomic mass is 10.1. The van der Waals surface area contributed by atoms with E-state index in [4.69, 9.17) is 16.0 Å². The first-order valence-electron chi connectivity index (χ1n) is 5.84. The van der Waals surface area contributed by atoms with E-state index >= 15 is 0 Å². The molecule has 0 bridgehead atoms. The van der Waals surface area contributed by atoms with Crippen LogP contribution in [-0.2, 0) is 6.54 Å². The van der Waals surface area contributed by atoms with Gasteiger partial charge < -0.3 is 14.8 Å². The summed E-state index contributed by atoms with van der Waals surface area (Å²) in [6, 6.07) is 9.32. The summed E-state index contributed by atoms with van der Waals surface area (Å²) >= 11 is 5.90. The van der Waals surface area contributed by atoms with Crippen LogP contribution in [0.5, 0.6) is 0 Å². The summed E-state index contributed by atoms with van der Waals surface area (Å²) in [6.07, 6.45) is 0.939. The smallest absolute Gasteiger partial charge is 0.133 e. The van der Waals surface area contributed by atoms with E-state index in [2.05, 4.69) is 5.32 Å². The minimum atomic E-state index is -0.618. The van der Waals surface area contributed by atoms with Gasteiger partial charge in [-0.25, -0.2) is 0 Å². The molecule has 0 saturated carbocycles. The lowest BCUT2D eigenvalue weighted by molar-refractivity contribution is 0.147. The van der Waals surface area contributed by atoms with Gasteiger partial charge in [-0.05, 0) is 42.3 Å². The van der Waals surface area contributed by atoms with Gasteiger partial charge in [0, 0.05) is 18.1 Å². The van der Waals surface area contributed by atoms with E-state index in [0.717, 1.165) is 10.6 Å². The highest BCUT2D eigenvalue weighted by atomic mass is 35.5. The van der Waals surface area contributed by atoms with Crippen LogP contribution in [0.4, 0.5) is 0 Å². The second-order valence-electron chi connectivity index (χ2n) is 4.23. The summed E-state index contributed by atoms with van der Waals surface area (Å²) < 4.78 is 5.13. The molecule has 3 nitrogen and oxygen atoms in total. The Morgan fingerprint density at radius 3 is 2.89 bits per heavy atom. The van der Waals surface area contributed by atoms with Crippen molar-refractivity contribution in [3.8, 4) is 0 Å². The molecule has 4 heteroatoms. The number of hydrogen-bond donors (Lipinski definition) is 2. The molecule has 2 aromatic rings. The molecule has 1 aromatic carbocycles. The second-order valence-corrected chi connectivity index (χ2v) is 4.67. The van der Waals surface area contributed by atoms with Crippen LogP contribution in [0, 0.1) is 6.92 Å². The standard InChI is InChI=1S/C14H16ClNO2/c1-10-7-12(15)5-4-11(10)8-16-9-13(17)14-3-2-6-18-14/h2-7,13,16-17H,8-9H2,1H3/t13-/m0/s1. The van der Waals surface area contributed by atoms with Crippen LogP contribution in [0.25, 0.3) is 0 Å². The third-order valence-electron chi connectivity index (χ3n) is 2.83. The topological polar surface area (TPSA) is 45.4 Å². The minimum Gasteiger partial charge on any atom is -0.467 e.